The van der Waals surface area contributed by atoms with Gasteiger partial charge in [0.15, 0.2) is 0 Å². The average Bonchev–Trinajstić information content (AvgIpc) is 3.16. The normalized spacial score (nSPS) is 12.1. The average molecular weight is 498 g/mol. The van der Waals surface area contributed by atoms with Gasteiger partial charge in [-0.1, -0.05) is 24.3 Å². The Bertz CT molecular complexity index is 980. The van der Waals surface area contributed by atoms with Gasteiger partial charge in [-0.2, -0.15) is 0 Å². The van der Waals surface area contributed by atoms with Crippen LogP contribution in [0.4, 0.5) is 5.69 Å². The summed E-state index contributed by atoms with van der Waals surface area (Å²) in [5.41, 5.74) is 9.15. The lowest BCUT2D eigenvalue weighted by Gasteiger charge is -2.31. The monoisotopic (exact) mass is 497 g/mol. The van der Waals surface area contributed by atoms with Crippen molar-refractivity contribution in [1.29, 1.82) is 0 Å². The molecule has 9 nitrogen and oxygen atoms in total. The Kier molecular flexibility index (Phi) is 10.6. The zero-order chi connectivity index (χ0) is 22.5. The van der Waals surface area contributed by atoms with E-state index in [1.54, 1.807) is 44.2 Å². The first-order valence-electron chi connectivity index (χ1n) is 9.92. The van der Waals surface area contributed by atoms with Crippen molar-refractivity contribution in [3.8, 4) is 0 Å². The highest BCUT2D eigenvalue weighted by molar-refractivity contribution is 5.95. The molecule has 2 amide bonds. The summed E-state index contributed by atoms with van der Waals surface area (Å²) in [6.45, 7) is 2.62. The number of carbonyl (C=O) groups is 3. The summed E-state index contributed by atoms with van der Waals surface area (Å²) in [4.78, 5) is 38.0. The van der Waals surface area contributed by atoms with Gasteiger partial charge in [0, 0.05) is 38.4 Å². The van der Waals surface area contributed by atoms with Crippen LogP contribution in [0.1, 0.15) is 27.0 Å². The first kappa shape index (κ1) is 28.2. The number of carbonyl (C=O) groups excluding carboxylic acids is 2. The summed E-state index contributed by atoms with van der Waals surface area (Å²) in [6, 6.07) is 13.0. The van der Waals surface area contributed by atoms with Crippen LogP contribution in [0.15, 0.2) is 42.5 Å². The van der Waals surface area contributed by atoms with Gasteiger partial charge in [0.1, 0.15) is 6.54 Å². The Morgan fingerprint density at radius 1 is 1.03 bits per heavy atom. The molecule has 1 heterocycles. The molecule has 180 valence electrons. The number of fused-ring (bicyclic) bond motifs is 1. The Hall–Kier alpha value is -2.85. The molecular weight excluding hydrogens is 469 g/mol. The van der Waals surface area contributed by atoms with Gasteiger partial charge in [-0.05, 0) is 41.8 Å². The largest absolute Gasteiger partial charge is 0.480 e. The molecule has 0 unspecified atom stereocenters. The second-order valence-electron chi connectivity index (χ2n) is 7.46. The number of benzene rings is 2. The number of amides is 2. The van der Waals surface area contributed by atoms with Gasteiger partial charge in [0.05, 0.1) is 6.54 Å². The third-order valence-corrected chi connectivity index (χ3v) is 5.30. The van der Waals surface area contributed by atoms with Crippen molar-refractivity contribution in [1.82, 2.24) is 20.9 Å². The predicted octanol–water partition coefficient (Wildman–Crippen LogP) is 1.98. The van der Waals surface area contributed by atoms with E-state index >= 15 is 0 Å². The highest BCUT2D eigenvalue weighted by atomic mass is 35.5. The van der Waals surface area contributed by atoms with Crippen LogP contribution in [0, 0.1) is 6.92 Å². The van der Waals surface area contributed by atoms with Crippen molar-refractivity contribution in [2.75, 3.05) is 32.1 Å². The fourth-order valence-corrected chi connectivity index (χ4v) is 3.68. The second-order valence-corrected chi connectivity index (χ2v) is 7.46. The minimum atomic E-state index is -1.04. The summed E-state index contributed by atoms with van der Waals surface area (Å²) in [5.74, 6) is -1.56. The molecule has 2 aromatic rings. The number of carboxylic acid groups (broad SMARTS) is 1. The van der Waals surface area contributed by atoms with Crippen LogP contribution in [0.3, 0.4) is 0 Å². The van der Waals surface area contributed by atoms with Crippen molar-refractivity contribution >= 4 is 48.3 Å². The first-order valence-corrected chi connectivity index (χ1v) is 9.92. The topological polar surface area (TPSA) is 105 Å². The van der Waals surface area contributed by atoms with Crippen molar-refractivity contribution in [3.05, 3.63) is 64.7 Å². The van der Waals surface area contributed by atoms with Gasteiger partial charge < -0.3 is 10.0 Å². The summed E-state index contributed by atoms with van der Waals surface area (Å²) in [6.07, 6.45) is 0. The fourth-order valence-electron chi connectivity index (χ4n) is 3.68. The van der Waals surface area contributed by atoms with Crippen LogP contribution in [0.2, 0.25) is 0 Å². The zero-order valence-corrected chi connectivity index (χ0v) is 20.3. The lowest BCUT2D eigenvalue weighted by Crippen LogP contribution is -2.47. The summed E-state index contributed by atoms with van der Waals surface area (Å²) >= 11 is 0. The highest BCUT2D eigenvalue weighted by Crippen LogP contribution is 2.25. The highest BCUT2D eigenvalue weighted by Gasteiger charge is 2.27. The number of aryl methyl sites for hydroxylation is 1. The quantitative estimate of drug-likeness (QED) is 0.478. The van der Waals surface area contributed by atoms with Crippen LogP contribution < -0.4 is 15.8 Å². The molecule has 0 saturated carbocycles. The molecule has 1 aliphatic rings. The number of anilines is 1. The van der Waals surface area contributed by atoms with Crippen LogP contribution >= 0.6 is 24.8 Å². The molecular formula is C22H29Cl2N5O4. The number of hydrogen-bond acceptors (Lipinski definition) is 6. The molecule has 3 N–H and O–H groups in total. The van der Waals surface area contributed by atoms with Crippen molar-refractivity contribution in [2.24, 2.45) is 0 Å². The van der Waals surface area contributed by atoms with Crippen LogP contribution in [-0.4, -0.2) is 60.1 Å². The number of hydrogen-bond donors (Lipinski definition) is 3. The van der Waals surface area contributed by atoms with E-state index in [2.05, 4.69) is 10.9 Å². The van der Waals surface area contributed by atoms with E-state index < -0.39 is 5.97 Å². The lowest BCUT2D eigenvalue weighted by molar-refractivity contribution is -0.145. The molecule has 33 heavy (non-hydrogen) atoms. The SMILES string of the molecule is CNNC(=O)c1ccc(N(CC(=O)O)CC(=O)N(C)N2Cc3ccccc3C2)c(C)c1.Cl.Cl. The Labute approximate surface area is 205 Å². The minimum absolute atomic E-state index is 0. The van der Waals surface area contributed by atoms with Crippen LogP contribution in [-0.2, 0) is 22.7 Å². The predicted molar refractivity (Wildman–Crippen MR) is 131 cm³/mol. The van der Waals surface area contributed by atoms with E-state index in [1.165, 1.54) is 16.0 Å². The molecule has 3 rings (SSSR count). The molecule has 1 aliphatic heterocycles. The third kappa shape index (κ3) is 6.82. The Morgan fingerprint density at radius 3 is 2.15 bits per heavy atom. The van der Waals surface area contributed by atoms with Crippen molar-refractivity contribution in [3.63, 3.8) is 0 Å². The maximum Gasteiger partial charge on any atom is 0.323 e. The number of rotatable bonds is 8. The third-order valence-electron chi connectivity index (χ3n) is 5.30. The number of likely N-dealkylation sites (N-methyl/N-ethyl adjacent to an activating group) is 1. The van der Waals surface area contributed by atoms with E-state index in [-0.39, 0.29) is 49.7 Å². The smallest absolute Gasteiger partial charge is 0.323 e. The van der Waals surface area contributed by atoms with Gasteiger partial charge in [0.2, 0.25) is 0 Å². The lowest BCUT2D eigenvalue weighted by atomic mass is 10.1. The summed E-state index contributed by atoms with van der Waals surface area (Å²) in [5, 5.41) is 12.9. The Balaban J connectivity index is 0.00000272. The van der Waals surface area contributed by atoms with Gasteiger partial charge in [-0.15, -0.1) is 24.8 Å². The van der Waals surface area contributed by atoms with E-state index in [0.717, 1.165) is 0 Å². The van der Waals surface area contributed by atoms with E-state index in [1.807, 2.05) is 29.3 Å². The number of aliphatic carboxylic acids is 1. The number of nitrogens with one attached hydrogen (secondary N) is 2. The fraction of sp³-hybridized carbons (Fsp3) is 0.318. The van der Waals surface area contributed by atoms with Gasteiger partial charge >= 0.3 is 5.97 Å². The molecule has 0 spiro atoms. The van der Waals surface area contributed by atoms with E-state index in [4.69, 9.17) is 0 Å². The minimum Gasteiger partial charge on any atom is -0.480 e. The molecule has 0 aliphatic carbocycles. The van der Waals surface area contributed by atoms with Crippen molar-refractivity contribution in [2.45, 2.75) is 20.0 Å². The van der Waals surface area contributed by atoms with Crippen LogP contribution in [0.5, 0.6) is 0 Å². The van der Waals surface area contributed by atoms with Gasteiger partial charge in [0.25, 0.3) is 11.8 Å². The molecule has 0 saturated heterocycles. The van der Waals surface area contributed by atoms with E-state index in [9.17, 15) is 19.5 Å². The molecule has 0 radical (unpaired) electrons. The zero-order valence-electron chi connectivity index (χ0n) is 18.7. The molecule has 0 bridgehead atoms. The first-order chi connectivity index (χ1) is 14.8. The van der Waals surface area contributed by atoms with Gasteiger partial charge in [-0.25, -0.2) is 10.4 Å². The molecule has 0 atom stereocenters. The number of carboxylic acids is 1. The number of nitrogens with zero attached hydrogens (tertiary/aromatic N) is 3. The molecule has 0 aromatic heterocycles. The maximum atomic E-state index is 13.0. The summed E-state index contributed by atoms with van der Waals surface area (Å²) < 4.78 is 0. The van der Waals surface area contributed by atoms with Crippen molar-refractivity contribution < 1.29 is 19.5 Å². The standard InChI is InChI=1S/C22H27N5O4.2ClH/c1-15-10-16(22(31)24-23-2)8-9-19(15)26(14-21(29)30)13-20(28)25(3)27-11-17-6-4-5-7-18(17)12-27;;/h4-10,23H,11-14H2,1-3H3,(H,24,31)(H,29,30);2*1H. The van der Waals surface area contributed by atoms with Gasteiger partial charge in [-0.3, -0.25) is 24.8 Å². The number of halogens is 2. The number of hydrazine groups is 2. The molecule has 0 fully saturated rings. The maximum absolute atomic E-state index is 13.0. The molecule has 2 aromatic carbocycles. The summed E-state index contributed by atoms with van der Waals surface area (Å²) in [7, 11) is 3.29. The second kappa shape index (κ2) is 12.4. The Morgan fingerprint density at radius 2 is 1.64 bits per heavy atom. The van der Waals surface area contributed by atoms with E-state index in [0.29, 0.717) is 29.9 Å². The molecule has 11 heteroatoms. The van der Waals surface area contributed by atoms with Crippen LogP contribution in [0.25, 0.3) is 0 Å².